The van der Waals surface area contributed by atoms with E-state index in [1.165, 1.54) is 5.56 Å². The van der Waals surface area contributed by atoms with Crippen LogP contribution in [-0.2, 0) is 24.8 Å². The molecular weight excluding hydrogens is 340 g/mol. The number of aryl methyl sites for hydroxylation is 2. The second-order valence-corrected chi connectivity index (χ2v) is 7.13. The van der Waals surface area contributed by atoms with Crippen LogP contribution in [0.25, 0.3) is 0 Å². The van der Waals surface area contributed by atoms with Crippen molar-refractivity contribution in [3.05, 3.63) is 46.8 Å². The highest BCUT2D eigenvalue weighted by Crippen LogP contribution is 2.24. The Labute approximate surface area is 162 Å². The van der Waals surface area contributed by atoms with Crippen LogP contribution in [-0.4, -0.2) is 31.8 Å². The fraction of sp³-hybridized carbons (Fsp3) is 0.524. The van der Waals surface area contributed by atoms with Gasteiger partial charge in [0, 0.05) is 37.5 Å². The topological polar surface area (TPSA) is 71.7 Å². The van der Waals surface area contributed by atoms with Gasteiger partial charge in [0.2, 0.25) is 0 Å². The SMILES string of the molecule is CCc1noc(CC)c1CNC(=NC)NCC(C)(C)c1ccc(OC)cc1. The minimum absolute atomic E-state index is 0.0513. The summed E-state index contributed by atoms with van der Waals surface area (Å²) in [4.78, 5) is 4.35. The average Bonchev–Trinajstić information content (AvgIpc) is 3.10. The lowest BCUT2D eigenvalue weighted by Crippen LogP contribution is -2.43. The third-order valence-electron chi connectivity index (χ3n) is 4.83. The van der Waals surface area contributed by atoms with Crippen LogP contribution >= 0.6 is 0 Å². The molecule has 0 amide bonds. The number of hydrogen-bond acceptors (Lipinski definition) is 4. The van der Waals surface area contributed by atoms with Gasteiger partial charge in [0.1, 0.15) is 11.5 Å². The standard InChI is InChI=1S/C21H32N4O2/c1-7-18-17(19(8-2)27-25-18)13-23-20(22-5)24-14-21(3,4)15-9-11-16(26-6)12-10-15/h9-12H,7-8,13-14H2,1-6H3,(H2,22,23,24). The number of methoxy groups -OCH3 is 1. The van der Waals surface area contributed by atoms with Crippen molar-refractivity contribution in [3.8, 4) is 5.75 Å². The fourth-order valence-corrected chi connectivity index (χ4v) is 2.98. The third kappa shape index (κ3) is 5.25. The summed E-state index contributed by atoms with van der Waals surface area (Å²) >= 11 is 0. The first-order valence-electron chi connectivity index (χ1n) is 9.50. The summed E-state index contributed by atoms with van der Waals surface area (Å²) in [7, 11) is 3.46. The van der Waals surface area contributed by atoms with Crippen molar-refractivity contribution in [3.63, 3.8) is 0 Å². The highest BCUT2D eigenvalue weighted by Gasteiger charge is 2.21. The van der Waals surface area contributed by atoms with Crippen molar-refractivity contribution >= 4 is 5.96 Å². The van der Waals surface area contributed by atoms with Crippen LogP contribution in [0.2, 0.25) is 0 Å². The zero-order valence-corrected chi connectivity index (χ0v) is 17.3. The van der Waals surface area contributed by atoms with Crippen molar-refractivity contribution in [1.82, 2.24) is 15.8 Å². The largest absolute Gasteiger partial charge is 0.497 e. The van der Waals surface area contributed by atoms with Gasteiger partial charge in [0.15, 0.2) is 5.96 Å². The van der Waals surface area contributed by atoms with Crippen molar-refractivity contribution in [1.29, 1.82) is 0 Å². The van der Waals surface area contributed by atoms with Crippen LogP contribution in [0.3, 0.4) is 0 Å². The van der Waals surface area contributed by atoms with Crippen molar-refractivity contribution < 1.29 is 9.26 Å². The molecule has 1 aromatic carbocycles. The normalized spacial score (nSPS) is 12.1. The minimum Gasteiger partial charge on any atom is -0.497 e. The second-order valence-electron chi connectivity index (χ2n) is 7.13. The summed E-state index contributed by atoms with van der Waals surface area (Å²) in [5.74, 6) is 2.57. The van der Waals surface area contributed by atoms with Crippen molar-refractivity contribution in [2.45, 2.75) is 52.5 Å². The Balaban J connectivity index is 1.97. The monoisotopic (exact) mass is 372 g/mol. The van der Waals surface area contributed by atoms with Crippen LogP contribution in [0.1, 0.15) is 50.3 Å². The van der Waals surface area contributed by atoms with Crippen LogP contribution in [0.4, 0.5) is 0 Å². The number of benzene rings is 1. The highest BCUT2D eigenvalue weighted by atomic mass is 16.5. The molecule has 1 aromatic heterocycles. The number of rotatable bonds is 8. The summed E-state index contributed by atoms with van der Waals surface area (Å²) in [6, 6.07) is 8.20. The van der Waals surface area contributed by atoms with Crippen molar-refractivity contribution in [2.24, 2.45) is 4.99 Å². The molecular formula is C21H32N4O2. The lowest BCUT2D eigenvalue weighted by Gasteiger charge is -2.27. The fourth-order valence-electron chi connectivity index (χ4n) is 2.98. The van der Waals surface area contributed by atoms with E-state index in [9.17, 15) is 0 Å². The lowest BCUT2D eigenvalue weighted by atomic mass is 9.84. The smallest absolute Gasteiger partial charge is 0.191 e. The van der Waals surface area contributed by atoms with Crippen molar-refractivity contribution in [2.75, 3.05) is 20.7 Å². The summed E-state index contributed by atoms with van der Waals surface area (Å²) in [5.41, 5.74) is 3.34. The number of nitrogens with zero attached hydrogens (tertiary/aromatic N) is 2. The average molecular weight is 373 g/mol. The Bertz CT molecular complexity index is 727. The first kappa shape index (κ1) is 20.8. The first-order chi connectivity index (χ1) is 12.9. The molecule has 0 radical (unpaired) electrons. The predicted octanol–water partition coefficient (Wildman–Crippen LogP) is 3.45. The van der Waals surface area contributed by atoms with Gasteiger partial charge in [0.05, 0.1) is 12.8 Å². The predicted molar refractivity (Wildman–Crippen MR) is 109 cm³/mol. The number of ether oxygens (including phenoxy) is 1. The molecule has 0 saturated heterocycles. The molecule has 6 heteroatoms. The molecule has 6 nitrogen and oxygen atoms in total. The van der Waals surface area contributed by atoms with Gasteiger partial charge in [-0.25, -0.2) is 0 Å². The van der Waals surface area contributed by atoms with Gasteiger partial charge < -0.3 is 19.9 Å². The molecule has 2 N–H and O–H groups in total. The molecule has 0 unspecified atom stereocenters. The van der Waals surface area contributed by atoms with E-state index in [4.69, 9.17) is 9.26 Å². The molecule has 0 aliphatic heterocycles. The van der Waals surface area contributed by atoms with Gasteiger partial charge in [-0.1, -0.05) is 45.0 Å². The lowest BCUT2D eigenvalue weighted by molar-refractivity contribution is 0.380. The number of aromatic nitrogens is 1. The van der Waals surface area contributed by atoms with Crippen LogP contribution in [0.5, 0.6) is 5.75 Å². The minimum atomic E-state index is -0.0513. The van der Waals surface area contributed by atoms with Crippen LogP contribution in [0.15, 0.2) is 33.8 Å². The Morgan fingerprint density at radius 1 is 1.15 bits per heavy atom. The molecule has 0 atom stereocenters. The summed E-state index contributed by atoms with van der Waals surface area (Å²) in [5, 5.41) is 11.0. The van der Waals surface area contributed by atoms with E-state index in [0.29, 0.717) is 6.54 Å². The van der Waals surface area contributed by atoms with Crippen LogP contribution < -0.4 is 15.4 Å². The van der Waals surface area contributed by atoms with Crippen LogP contribution in [0, 0.1) is 0 Å². The van der Waals surface area contributed by atoms with Gasteiger partial charge in [0.25, 0.3) is 0 Å². The summed E-state index contributed by atoms with van der Waals surface area (Å²) < 4.78 is 10.7. The van der Waals surface area contributed by atoms with Gasteiger partial charge in [-0.3, -0.25) is 4.99 Å². The number of guanidine groups is 1. The number of nitrogens with one attached hydrogen (secondary N) is 2. The van der Waals surface area contributed by atoms with Gasteiger partial charge in [-0.2, -0.15) is 0 Å². The molecule has 2 aromatic rings. The second kappa shape index (κ2) is 9.44. The van der Waals surface area contributed by atoms with Gasteiger partial charge in [-0.15, -0.1) is 0 Å². The van der Waals surface area contributed by atoms with E-state index in [-0.39, 0.29) is 5.41 Å². The maximum atomic E-state index is 5.43. The van der Waals surface area contributed by atoms with E-state index >= 15 is 0 Å². The van der Waals surface area contributed by atoms with E-state index in [1.54, 1.807) is 14.2 Å². The Kier molecular flexibility index (Phi) is 7.28. The quantitative estimate of drug-likeness (QED) is 0.548. The summed E-state index contributed by atoms with van der Waals surface area (Å²) in [6.45, 7) is 9.99. The van der Waals surface area contributed by atoms with Gasteiger partial charge in [-0.05, 0) is 24.1 Å². The number of aliphatic imine (C=N–C) groups is 1. The summed E-state index contributed by atoms with van der Waals surface area (Å²) in [6.07, 6.45) is 1.69. The Hall–Kier alpha value is -2.50. The maximum Gasteiger partial charge on any atom is 0.191 e. The molecule has 0 fully saturated rings. The molecule has 1 heterocycles. The zero-order chi connectivity index (χ0) is 19.9. The Morgan fingerprint density at radius 3 is 2.41 bits per heavy atom. The van der Waals surface area contributed by atoms with E-state index in [2.05, 4.69) is 60.6 Å². The molecule has 2 rings (SSSR count). The molecule has 0 aliphatic carbocycles. The zero-order valence-electron chi connectivity index (χ0n) is 17.3. The van der Waals surface area contributed by atoms with E-state index in [1.807, 2.05) is 12.1 Å². The maximum absolute atomic E-state index is 5.43. The molecule has 0 saturated carbocycles. The molecule has 0 spiro atoms. The van der Waals surface area contributed by atoms with E-state index in [0.717, 1.165) is 48.1 Å². The molecule has 148 valence electrons. The number of hydrogen-bond donors (Lipinski definition) is 2. The highest BCUT2D eigenvalue weighted by molar-refractivity contribution is 5.79. The molecule has 0 aliphatic rings. The first-order valence-corrected chi connectivity index (χ1v) is 9.50. The third-order valence-corrected chi connectivity index (χ3v) is 4.83. The molecule has 0 bridgehead atoms. The molecule has 27 heavy (non-hydrogen) atoms. The van der Waals surface area contributed by atoms with Gasteiger partial charge >= 0.3 is 0 Å². The van der Waals surface area contributed by atoms with E-state index < -0.39 is 0 Å². The Morgan fingerprint density at radius 2 is 1.85 bits per heavy atom.